The summed E-state index contributed by atoms with van der Waals surface area (Å²) in [5, 5.41) is 9.08. The van der Waals surface area contributed by atoms with Gasteiger partial charge < -0.3 is 34.3 Å². The van der Waals surface area contributed by atoms with Crippen molar-refractivity contribution < 1.29 is 61.2 Å². The molecule has 1 saturated carbocycles. The van der Waals surface area contributed by atoms with Crippen LogP contribution in [0.1, 0.15) is 79.1 Å². The maximum Gasteiger partial charge on any atom is 0.472 e. The van der Waals surface area contributed by atoms with Crippen LogP contribution in [0.2, 0.25) is 0 Å². The Balaban J connectivity index is 2.49. The molecule has 18 heteroatoms. The molecule has 0 aliphatic heterocycles. The third kappa shape index (κ3) is 19.4. The number of hydrogen-bond acceptors (Lipinski definition) is 11. The molecule has 1 aliphatic carbocycles. The molecular weight excluding hydrogens is 660 g/mol. The average Bonchev–Trinajstić information content (AvgIpc) is 3.02. The molecule has 0 saturated heterocycles. The van der Waals surface area contributed by atoms with E-state index in [-0.39, 0.29) is 102 Å². The standard InChI is InChI=1S/C29H57N3O13P2/c1-5-8-29(36)32(14-20-41-26-11-9-25(4)10-12-26)18-24-45-47(39,40)44-23-17-31(28(35)7-3)16-22-43-46(37,38)42-21-15-30(13-19-33)27(34)6-2/h25-26,33H,5-24H2,1-4H3,(H,37,38)(H,39,40). The molecule has 0 aromatic rings. The monoisotopic (exact) mass is 717 g/mol. The fourth-order valence-corrected chi connectivity index (χ4v) is 6.29. The topological polar surface area (TPSA) is 202 Å². The Labute approximate surface area is 279 Å². The number of carbonyl (C=O) groups excluding carboxylic acids is 3. The zero-order valence-electron chi connectivity index (χ0n) is 28.5. The van der Waals surface area contributed by atoms with E-state index < -0.39 is 15.6 Å². The number of ether oxygens (including phenoxy) is 1. The first-order valence-electron chi connectivity index (χ1n) is 16.6. The normalized spacial score (nSPS) is 19.0. The van der Waals surface area contributed by atoms with Crippen LogP contribution in [0.25, 0.3) is 0 Å². The van der Waals surface area contributed by atoms with Gasteiger partial charge in [0, 0.05) is 58.5 Å². The molecule has 0 heterocycles. The van der Waals surface area contributed by atoms with Crippen LogP contribution in [0, 0.1) is 5.92 Å². The molecule has 0 radical (unpaired) electrons. The van der Waals surface area contributed by atoms with Crippen molar-refractivity contribution in [2.24, 2.45) is 5.92 Å². The predicted octanol–water partition coefficient (Wildman–Crippen LogP) is 2.95. The quantitative estimate of drug-likeness (QED) is 0.110. The minimum absolute atomic E-state index is 0.0242. The summed E-state index contributed by atoms with van der Waals surface area (Å²) in [5.41, 5.74) is 0. The van der Waals surface area contributed by atoms with Gasteiger partial charge in [-0.25, -0.2) is 9.13 Å². The van der Waals surface area contributed by atoms with Crippen molar-refractivity contribution >= 4 is 33.4 Å². The third-order valence-corrected chi connectivity index (χ3v) is 9.67. The van der Waals surface area contributed by atoms with Gasteiger partial charge in [0.25, 0.3) is 0 Å². The van der Waals surface area contributed by atoms with E-state index in [1.165, 1.54) is 9.80 Å². The summed E-state index contributed by atoms with van der Waals surface area (Å²) in [6, 6.07) is 0. The molecule has 2 unspecified atom stereocenters. The lowest BCUT2D eigenvalue weighted by atomic mass is 9.89. The minimum atomic E-state index is -4.52. The maximum absolute atomic E-state index is 12.6. The Morgan fingerprint density at radius 2 is 1.02 bits per heavy atom. The Kier molecular flexibility index (Phi) is 22.1. The summed E-state index contributed by atoms with van der Waals surface area (Å²) >= 11 is 0. The van der Waals surface area contributed by atoms with E-state index in [0.29, 0.717) is 31.9 Å². The molecule has 16 nitrogen and oxygen atoms in total. The van der Waals surface area contributed by atoms with Gasteiger partial charge in [0.1, 0.15) is 0 Å². The lowest BCUT2D eigenvalue weighted by Crippen LogP contribution is -2.37. The fraction of sp³-hybridized carbons (Fsp3) is 0.897. The number of carbonyl (C=O) groups is 3. The number of phosphoric acid groups is 2. The lowest BCUT2D eigenvalue weighted by Gasteiger charge is -2.28. The summed E-state index contributed by atoms with van der Waals surface area (Å²) in [6.45, 7) is 6.36. The van der Waals surface area contributed by atoms with E-state index in [1.807, 2.05) is 6.92 Å². The van der Waals surface area contributed by atoms with Crippen LogP contribution < -0.4 is 0 Å². The first-order valence-corrected chi connectivity index (χ1v) is 19.6. The van der Waals surface area contributed by atoms with Crippen molar-refractivity contribution in [1.82, 2.24) is 14.7 Å². The number of rotatable bonds is 26. The molecule has 0 spiro atoms. The van der Waals surface area contributed by atoms with Crippen molar-refractivity contribution in [2.75, 3.05) is 78.9 Å². The summed E-state index contributed by atoms with van der Waals surface area (Å²) < 4.78 is 50.7. The molecular formula is C29H57N3O13P2. The van der Waals surface area contributed by atoms with Crippen molar-refractivity contribution in [3.63, 3.8) is 0 Å². The number of hydrogen-bond donors (Lipinski definition) is 3. The van der Waals surface area contributed by atoms with E-state index in [9.17, 15) is 33.3 Å². The molecule has 47 heavy (non-hydrogen) atoms. The summed E-state index contributed by atoms with van der Waals surface area (Å²) in [5.74, 6) is -0.00465. The molecule has 0 aromatic carbocycles. The first kappa shape index (κ1) is 43.6. The fourth-order valence-electron chi connectivity index (χ4n) is 4.89. The SMILES string of the molecule is CCCC(=O)N(CCOC1CCC(C)CC1)CCOP(=O)(O)OCCN(CCOP(=O)(O)OCCN(CCO)C(=O)CC)C(=O)CC. The molecule has 0 bridgehead atoms. The van der Waals surface area contributed by atoms with E-state index in [2.05, 4.69) is 6.92 Å². The Hall–Kier alpha value is -1.45. The number of phosphoric ester groups is 2. The van der Waals surface area contributed by atoms with Crippen molar-refractivity contribution in [3.8, 4) is 0 Å². The van der Waals surface area contributed by atoms with Crippen LogP contribution in [-0.2, 0) is 46.3 Å². The van der Waals surface area contributed by atoms with Gasteiger partial charge >= 0.3 is 15.6 Å². The minimum Gasteiger partial charge on any atom is -0.395 e. The highest BCUT2D eigenvalue weighted by Gasteiger charge is 2.26. The maximum atomic E-state index is 12.6. The van der Waals surface area contributed by atoms with Crippen molar-refractivity contribution in [1.29, 1.82) is 0 Å². The first-order chi connectivity index (χ1) is 22.3. The molecule has 1 fully saturated rings. The van der Waals surface area contributed by atoms with Crippen LogP contribution in [0.15, 0.2) is 0 Å². The Bertz CT molecular complexity index is 1010. The summed E-state index contributed by atoms with van der Waals surface area (Å²) in [4.78, 5) is 61.0. The van der Waals surface area contributed by atoms with Gasteiger partial charge in [0.05, 0.1) is 45.7 Å². The number of aliphatic hydroxyl groups excluding tert-OH is 1. The predicted molar refractivity (Wildman–Crippen MR) is 173 cm³/mol. The number of aliphatic hydroxyl groups is 1. The van der Waals surface area contributed by atoms with Gasteiger partial charge in [-0.2, -0.15) is 0 Å². The average molecular weight is 718 g/mol. The number of amides is 3. The van der Waals surface area contributed by atoms with E-state index in [1.54, 1.807) is 18.7 Å². The Morgan fingerprint density at radius 3 is 1.40 bits per heavy atom. The van der Waals surface area contributed by atoms with Gasteiger partial charge in [-0.15, -0.1) is 0 Å². The zero-order valence-corrected chi connectivity index (χ0v) is 30.2. The van der Waals surface area contributed by atoms with Gasteiger partial charge in [0.2, 0.25) is 17.7 Å². The van der Waals surface area contributed by atoms with Crippen molar-refractivity contribution in [2.45, 2.75) is 85.2 Å². The molecule has 1 aliphatic rings. The molecule has 276 valence electrons. The molecule has 1 rings (SSSR count). The van der Waals surface area contributed by atoms with Gasteiger partial charge in [-0.3, -0.25) is 32.5 Å². The molecule has 0 aromatic heterocycles. The molecule has 3 N–H and O–H groups in total. The van der Waals surface area contributed by atoms with Gasteiger partial charge in [-0.05, 0) is 38.0 Å². The van der Waals surface area contributed by atoms with Crippen molar-refractivity contribution in [3.05, 3.63) is 0 Å². The second-order valence-corrected chi connectivity index (χ2v) is 14.3. The molecule has 3 amide bonds. The number of nitrogens with zero attached hydrogens (tertiary/aromatic N) is 3. The van der Waals surface area contributed by atoms with Crippen LogP contribution in [0.5, 0.6) is 0 Å². The highest BCUT2D eigenvalue weighted by molar-refractivity contribution is 7.47. The van der Waals surface area contributed by atoms with Crippen LogP contribution >= 0.6 is 15.6 Å². The van der Waals surface area contributed by atoms with Gasteiger partial charge in [0.15, 0.2) is 0 Å². The zero-order chi connectivity index (χ0) is 35.3. The van der Waals surface area contributed by atoms with E-state index >= 15 is 0 Å². The second kappa shape index (κ2) is 23.8. The second-order valence-electron chi connectivity index (χ2n) is 11.3. The Morgan fingerprint density at radius 1 is 0.638 bits per heavy atom. The highest BCUT2D eigenvalue weighted by Crippen LogP contribution is 2.43. The van der Waals surface area contributed by atoms with Crippen LogP contribution in [-0.4, -0.2) is 132 Å². The van der Waals surface area contributed by atoms with E-state index in [0.717, 1.165) is 25.7 Å². The van der Waals surface area contributed by atoms with Gasteiger partial charge in [-0.1, -0.05) is 27.7 Å². The van der Waals surface area contributed by atoms with Crippen LogP contribution in [0.3, 0.4) is 0 Å². The largest absolute Gasteiger partial charge is 0.472 e. The molecule has 2 atom stereocenters. The van der Waals surface area contributed by atoms with Crippen LogP contribution in [0.4, 0.5) is 0 Å². The highest BCUT2D eigenvalue weighted by atomic mass is 31.2. The lowest BCUT2D eigenvalue weighted by molar-refractivity contribution is -0.133. The smallest absolute Gasteiger partial charge is 0.395 e. The summed E-state index contributed by atoms with van der Waals surface area (Å²) in [6.07, 6.45) is 5.71. The third-order valence-electron chi connectivity index (χ3n) is 7.64. The van der Waals surface area contributed by atoms with E-state index in [4.69, 9.17) is 27.9 Å². The summed E-state index contributed by atoms with van der Waals surface area (Å²) in [7, 11) is -9.03.